The molecule has 0 aromatic heterocycles. The van der Waals surface area contributed by atoms with E-state index in [0.717, 1.165) is 0 Å². The second kappa shape index (κ2) is 5.88. The summed E-state index contributed by atoms with van der Waals surface area (Å²) in [5.41, 5.74) is -1.85. The number of nitrogens with one attached hydrogen (secondary N) is 2. The minimum Gasteiger partial charge on any atom is -0.385 e. The lowest BCUT2D eigenvalue weighted by Gasteiger charge is -2.24. The fourth-order valence-electron chi connectivity index (χ4n) is 1.70. The summed E-state index contributed by atoms with van der Waals surface area (Å²) in [5.74, 6) is -0.415. The first kappa shape index (κ1) is 15.2. The summed E-state index contributed by atoms with van der Waals surface area (Å²) in [6, 6.07) is -0.850. The Hall–Kier alpha value is -0.820. The Morgan fingerprint density at radius 1 is 1.44 bits per heavy atom. The number of rotatable bonds is 7. The molecule has 1 unspecified atom stereocenters. The van der Waals surface area contributed by atoms with E-state index in [9.17, 15) is 18.0 Å². The standard InChI is InChI=1S/C11H19F3N2O2/c1-8(9(17)15-6-3-7-18-2)16-10(4-5-10)11(12,13)14/h8,16H,3-7H2,1-2H3,(H,15,17). The Morgan fingerprint density at radius 3 is 2.50 bits per heavy atom. The monoisotopic (exact) mass is 268 g/mol. The van der Waals surface area contributed by atoms with Crippen LogP contribution < -0.4 is 10.6 Å². The predicted molar refractivity (Wildman–Crippen MR) is 60.1 cm³/mol. The molecular weight excluding hydrogens is 249 g/mol. The number of carbonyl (C=O) groups excluding carboxylic acids is 1. The van der Waals surface area contributed by atoms with Crippen molar-refractivity contribution in [3.8, 4) is 0 Å². The lowest BCUT2D eigenvalue weighted by Crippen LogP contribution is -2.53. The van der Waals surface area contributed by atoms with Crippen LogP contribution in [-0.4, -0.2) is 43.9 Å². The van der Waals surface area contributed by atoms with Crippen LogP contribution in [0.2, 0.25) is 0 Å². The number of amides is 1. The van der Waals surface area contributed by atoms with Crippen molar-refractivity contribution in [1.82, 2.24) is 10.6 Å². The zero-order valence-corrected chi connectivity index (χ0v) is 10.6. The highest BCUT2D eigenvalue weighted by atomic mass is 19.4. The van der Waals surface area contributed by atoms with Gasteiger partial charge < -0.3 is 10.1 Å². The third-order valence-corrected chi connectivity index (χ3v) is 3.00. The van der Waals surface area contributed by atoms with Gasteiger partial charge in [0.2, 0.25) is 5.91 Å². The largest absolute Gasteiger partial charge is 0.406 e. The molecule has 18 heavy (non-hydrogen) atoms. The maximum absolute atomic E-state index is 12.7. The van der Waals surface area contributed by atoms with Crippen LogP contribution in [0.15, 0.2) is 0 Å². The number of halogens is 3. The summed E-state index contributed by atoms with van der Waals surface area (Å²) in [5, 5.41) is 4.95. The summed E-state index contributed by atoms with van der Waals surface area (Å²) in [6.45, 7) is 2.35. The molecule has 0 spiro atoms. The zero-order chi connectivity index (χ0) is 13.8. The van der Waals surface area contributed by atoms with Gasteiger partial charge in [-0.05, 0) is 26.2 Å². The van der Waals surface area contributed by atoms with E-state index < -0.39 is 23.7 Å². The lowest BCUT2D eigenvalue weighted by atomic mass is 10.2. The van der Waals surface area contributed by atoms with Gasteiger partial charge in [-0.15, -0.1) is 0 Å². The SMILES string of the molecule is COCCCNC(=O)C(C)NC1(C(F)(F)F)CC1. The highest BCUT2D eigenvalue weighted by Gasteiger charge is 2.63. The quantitative estimate of drug-likeness (QED) is 0.682. The van der Waals surface area contributed by atoms with Gasteiger partial charge in [-0.25, -0.2) is 0 Å². The van der Waals surface area contributed by atoms with Crippen LogP contribution in [0.5, 0.6) is 0 Å². The van der Waals surface area contributed by atoms with Crippen molar-refractivity contribution >= 4 is 5.91 Å². The van der Waals surface area contributed by atoms with E-state index in [1.807, 2.05) is 0 Å². The Balaban J connectivity index is 2.32. The molecule has 0 aromatic carbocycles. The van der Waals surface area contributed by atoms with Crippen LogP contribution in [0.3, 0.4) is 0 Å². The Labute approximate surface area is 104 Å². The van der Waals surface area contributed by atoms with E-state index in [-0.39, 0.29) is 12.8 Å². The van der Waals surface area contributed by atoms with Gasteiger partial charge in [-0.2, -0.15) is 13.2 Å². The zero-order valence-electron chi connectivity index (χ0n) is 10.6. The summed E-state index contributed by atoms with van der Waals surface area (Å²) < 4.78 is 42.8. The van der Waals surface area contributed by atoms with Crippen molar-refractivity contribution in [3.63, 3.8) is 0 Å². The molecule has 2 N–H and O–H groups in total. The number of alkyl halides is 3. The molecule has 1 saturated carbocycles. The molecule has 4 nitrogen and oxygen atoms in total. The van der Waals surface area contributed by atoms with Gasteiger partial charge >= 0.3 is 6.18 Å². The van der Waals surface area contributed by atoms with E-state index in [0.29, 0.717) is 19.6 Å². The molecule has 1 aliphatic rings. The number of hydrogen-bond acceptors (Lipinski definition) is 3. The van der Waals surface area contributed by atoms with Crippen LogP contribution in [0.1, 0.15) is 26.2 Å². The summed E-state index contributed by atoms with van der Waals surface area (Å²) in [7, 11) is 1.55. The second-order valence-corrected chi connectivity index (χ2v) is 4.58. The van der Waals surface area contributed by atoms with E-state index in [2.05, 4.69) is 10.6 Å². The molecule has 0 radical (unpaired) electrons. The van der Waals surface area contributed by atoms with E-state index in [1.165, 1.54) is 6.92 Å². The summed E-state index contributed by atoms with van der Waals surface area (Å²) >= 11 is 0. The van der Waals surface area contributed by atoms with E-state index in [1.54, 1.807) is 7.11 Å². The first-order valence-corrected chi connectivity index (χ1v) is 5.93. The molecule has 1 rings (SSSR count). The van der Waals surface area contributed by atoms with E-state index in [4.69, 9.17) is 4.74 Å². The van der Waals surface area contributed by atoms with Crippen LogP contribution >= 0.6 is 0 Å². The van der Waals surface area contributed by atoms with Crippen molar-refractivity contribution in [3.05, 3.63) is 0 Å². The first-order chi connectivity index (χ1) is 8.32. The van der Waals surface area contributed by atoms with Gasteiger partial charge in [-0.3, -0.25) is 10.1 Å². The average Bonchev–Trinajstić information content (AvgIpc) is 3.04. The molecule has 1 fully saturated rings. The number of hydrogen-bond donors (Lipinski definition) is 2. The van der Waals surface area contributed by atoms with Crippen molar-refractivity contribution in [2.24, 2.45) is 0 Å². The molecule has 0 heterocycles. The third-order valence-electron chi connectivity index (χ3n) is 3.00. The predicted octanol–water partition coefficient (Wildman–Crippen LogP) is 1.21. The molecule has 1 amide bonds. The van der Waals surface area contributed by atoms with Crippen LogP contribution in [0.25, 0.3) is 0 Å². The molecule has 1 aliphatic carbocycles. The molecule has 0 bridgehead atoms. The maximum Gasteiger partial charge on any atom is 0.406 e. The van der Waals surface area contributed by atoms with Gasteiger partial charge in [0.25, 0.3) is 0 Å². The molecule has 0 saturated heterocycles. The van der Waals surface area contributed by atoms with Crippen molar-refractivity contribution in [1.29, 1.82) is 0 Å². The van der Waals surface area contributed by atoms with Gasteiger partial charge in [0.05, 0.1) is 6.04 Å². The fourth-order valence-corrected chi connectivity index (χ4v) is 1.70. The molecule has 1 atom stereocenters. The van der Waals surface area contributed by atoms with Crippen molar-refractivity contribution in [2.45, 2.75) is 43.9 Å². The number of ether oxygens (including phenoxy) is 1. The van der Waals surface area contributed by atoms with Crippen LogP contribution in [0, 0.1) is 0 Å². The number of carbonyl (C=O) groups is 1. The minimum absolute atomic E-state index is 0.0395. The van der Waals surface area contributed by atoms with Crippen LogP contribution in [0.4, 0.5) is 13.2 Å². The molecular formula is C11H19F3N2O2. The topological polar surface area (TPSA) is 50.4 Å². The Kier molecular flexibility index (Phi) is 4.98. The normalized spacial score (nSPS) is 19.4. The maximum atomic E-state index is 12.7. The fraction of sp³-hybridized carbons (Fsp3) is 0.909. The minimum atomic E-state index is -4.29. The molecule has 106 valence electrons. The van der Waals surface area contributed by atoms with Gasteiger partial charge in [0.1, 0.15) is 5.54 Å². The molecule has 0 aromatic rings. The summed E-state index contributed by atoms with van der Waals surface area (Å²) in [4.78, 5) is 11.6. The lowest BCUT2D eigenvalue weighted by molar-refractivity contribution is -0.168. The number of methoxy groups -OCH3 is 1. The first-order valence-electron chi connectivity index (χ1n) is 5.93. The molecule has 7 heteroatoms. The summed E-state index contributed by atoms with van der Waals surface area (Å²) in [6.07, 6.45) is -3.58. The van der Waals surface area contributed by atoms with Gasteiger partial charge in [0, 0.05) is 20.3 Å². The Bertz CT molecular complexity index is 291. The third kappa shape index (κ3) is 3.84. The van der Waals surface area contributed by atoms with Crippen molar-refractivity contribution in [2.75, 3.05) is 20.3 Å². The van der Waals surface area contributed by atoms with Gasteiger partial charge in [0.15, 0.2) is 0 Å². The van der Waals surface area contributed by atoms with Gasteiger partial charge in [-0.1, -0.05) is 0 Å². The van der Waals surface area contributed by atoms with Crippen LogP contribution in [-0.2, 0) is 9.53 Å². The Morgan fingerprint density at radius 2 is 2.06 bits per heavy atom. The molecule has 0 aliphatic heterocycles. The average molecular weight is 268 g/mol. The highest BCUT2D eigenvalue weighted by molar-refractivity contribution is 5.81. The highest BCUT2D eigenvalue weighted by Crippen LogP contribution is 2.49. The smallest absolute Gasteiger partial charge is 0.385 e. The van der Waals surface area contributed by atoms with Crippen molar-refractivity contribution < 1.29 is 22.7 Å². The van der Waals surface area contributed by atoms with E-state index >= 15 is 0 Å². The second-order valence-electron chi connectivity index (χ2n) is 4.58.